The molecule has 0 amide bonds. The first-order valence-corrected chi connectivity index (χ1v) is 4.33. The Morgan fingerprint density at radius 3 is 2.46 bits per heavy atom. The van der Waals surface area contributed by atoms with Gasteiger partial charge in [0.05, 0.1) is 6.04 Å². The Labute approximate surface area is 79.8 Å². The van der Waals surface area contributed by atoms with Crippen molar-refractivity contribution in [3.63, 3.8) is 0 Å². The molecule has 67 valence electrons. The normalized spacial score (nSPS) is 12.0. The van der Waals surface area contributed by atoms with Crippen LogP contribution in [0, 0.1) is 0 Å². The van der Waals surface area contributed by atoms with Gasteiger partial charge in [-0.1, -0.05) is 42.5 Å². The molecule has 1 heteroatoms. The third kappa shape index (κ3) is 2.88. The van der Waals surface area contributed by atoms with Gasteiger partial charge < -0.3 is 0 Å². The molecule has 0 fully saturated rings. The summed E-state index contributed by atoms with van der Waals surface area (Å²) in [5.41, 5.74) is 1.18. The van der Waals surface area contributed by atoms with Gasteiger partial charge in [0, 0.05) is 6.54 Å². The lowest BCUT2D eigenvalue weighted by atomic mass is 10.1. The molecule has 0 saturated heterocycles. The Kier molecular flexibility index (Phi) is 4.00. The van der Waals surface area contributed by atoms with E-state index in [1.54, 1.807) is 6.08 Å². The van der Waals surface area contributed by atoms with Crippen molar-refractivity contribution in [2.45, 2.75) is 6.04 Å². The van der Waals surface area contributed by atoms with Gasteiger partial charge in [-0.2, -0.15) is 0 Å². The van der Waals surface area contributed by atoms with Crippen molar-refractivity contribution in [2.24, 2.45) is 0 Å². The van der Waals surface area contributed by atoms with Crippen molar-refractivity contribution in [1.82, 2.24) is 5.32 Å². The molecule has 1 atom stereocenters. The van der Waals surface area contributed by atoms with E-state index in [-0.39, 0.29) is 6.04 Å². The summed E-state index contributed by atoms with van der Waals surface area (Å²) in [5.74, 6) is 0. The molecule has 0 saturated carbocycles. The van der Waals surface area contributed by atoms with E-state index in [0.29, 0.717) is 6.54 Å². The summed E-state index contributed by atoms with van der Waals surface area (Å²) in [5, 5.41) is 4.39. The van der Waals surface area contributed by atoms with Crippen LogP contribution in [-0.2, 0) is 0 Å². The fourth-order valence-corrected chi connectivity index (χ4v) is 1.15. The summed E-state index contributed by atoms with van der Waals surface area (Å²) >= 11 is 0. The maximum Gasteiger partial charge on any atom is 0.0677 e. The van der Waals surface area contributed by atoms with Crippen molar-refractivity contribution in [2.75, 3.05) is 6.54 Å². The minimum absolute atomic E-state index is 0.0965. The summed E-state index contributed by atoms with van der Waals surface area (Å²) < 4.78 is 0. The number of hydrogen-bond acceptors (Lipinski definition) is 0. The molecule has 1 nitrogen and oxygen atoms in total. The highest BCUT2D eigenvalue weighted by Crippen LogP contribution is 2.13. The van der Waals surface area contributed by atoms with Crippen LogP contribution in [0.15, 0.2) is 55.6 Å². The van der Waals surface area contributed by atoms with Gasteiger partial charge in [0.25, 0.3) is 0 Å². The molecule has 1 rings (SSSR count). The van der Waals surface area contributed by atoms with Gasteiger partial charge in [0.1, 0.15) is 0 Å². The van der Waals surface area contributed by atoms with Crippen molar-refractivity contribution in [1.29, 1.82) is 0 Å². The Bertz CT molecular complexity index is 264. The lowest BCUT2D eigenvalue weighted by Crippen LogP contribution is -2.11. The van der Waals surface area contributed by atoms with Crippen molar-refractivity contribution in [3.8, 4) is 0 Å². The van der Waals surface area contributed by atoms with Crippen LogP contribution >= 0.6 is 0 Å². The van der Waals surface area contributed by atoms with Gasteiger partial charge >= 0.3 is 0 Å². The molecule has 0 bridgehead atoms. The highest BCUT2D eigenvalue weighted by molar-refractivity contribution is 5.22. The maximum absolute atomic E-state index is 4.39. The predicted octanol–water partition coefficient (Wildman–Crippen LogP) is 2.70. The van der Waals surface area contributed by atoms with E-state index in [0.717, 1.165) is 0 Å². The second-order valence-electron chi connectivity index (χ2n) is 2.75. The number of rotatable bonds is 5. The average molecular weight is 172 g/mol. The fourth-order valence-electron chi connectivity index (χ4n) is 1.15. The van der Waals surface area contributed by atoms with Gasteiger partial charge in [-0.15, -0.1) is 13.2 Å². The lowest BCUT2D eigenvalue weighted by molar-refractivity contribution is 0.658. The first-order chi connectivity index (χ1) is 6.38. The standard InChI is InChI=1S/C12H14N/c1-3-10-13-12(4-2)11-8-6-5-7-9-11/h3-9,12H,1-2,10H2. The summed E-state index contributed by atoms with van der Waals surface area (Å²) in [6.07, 6.45) is 3.64. The van der Waals surface area contributed by atoms with Crippen molar-refractivity contribution in [3.05, 3.63) is 61.2 Å². The Morgan fingerprint density at radius 2 is 1.92 bits per heavy atom. The van der Waals surface area contributed by atoms with Crippen LogP contribution in [0.2, 0.25) is 0 Å². The van der Waals surface area contributed by atoms with Crippen molar-refractivity contribution < 1.29 is 0 Å². The minimum Gasteiger partial charge on any atom is -0.226 e. The molecular formula is C12H14N. The van der Waals surface area contributed by atoms with Gasteiger partial charge in [0.2, 0.25) is 0 Å². The molecule has 0 spiro atoms. The highest BCUT2D eigenvalue weighted by atomic mass is 14.9. The summed E-state index contributed by atoms with van der Waals surface area (Å²) in [4.78, 5) is 0. The smallest absolute Gasteiger partial charge is 0.0677 e. The van der Waals surface area contributed by atoms with Crippen LogP contribution in [0.1, 0.15) is 11.6 Å². The molecule has 1 aromatic rings. The quantitative estimate of drug-likeness (QED) is 0.606. The van der Waals surface area contributed by atoms with Crippen LogP contribution < -0.4 is 5.32 Å². The zero-order valence-electron chi connectivity index (χ0n) is 7.69. The topological polar surface area (TPSA) is 14.1 Å². The molecule has 1 radical (unpaired) electrons. The molecule has 1 unspecified atom stereocenters. The van der Waals surface area contributed by atoms with Crippen molar-refractivity contribution >= 4 is 0 Å². The van der Waals surface area contributed by atoms with E-state index in [1.165, 1.54) is 5.56 Å². The fraction of sp³-hybridized carbons (Fsp3) is 0.167. The van der Waals surface area contributed by atoms with E-state index < -0.39 is 0 Å². The Hall–Kier alpha value is -1.34. The number of nitrogens with zero attached hydrogens (tertiary/aromatic N) is 1. The van der Waals surface area contributed by atoms with Gasteiger partial charge in [-0.25, -0.2) is 5.32 Å². The van der Waals surface area contributed by atoms with Gasteiger partial charge in [-0.3, -0.25) is 0 Å². The van der Waals surface area contributed by atoms with E-state index in [9.17, 15) is 0 Å². The van der Waals surface area contributed by atoms with Crippen LogP contribution in [0.4, 0.5) is 0 Å². The molecule has 0 aliphatic carbocycles. The molecule has 1 aromatic carbocycles. The first-order valence-electron chi connectivity index (χ1n) is 4.33. The average Bonchev–Trinajstić information content (AvgIpc) is 2.21. The highest BCUT2D eigenvalue weighted by Gasteiger charge is 2.04. The number of hydrogen-bond donors (Lipinski definition) is 0. The molecule has 0 aromatic heterocycles. The molecule has 0 heterocycles. The van der Waals surface area contributed by atoms with Crippen LogP contribution in [-0.4, -0.2) is 6.54 Å². The second-order valence-corrected chi connectivity index (χ2v) is 2.75. The van der Waals surface area contributed by atoms with Gasteiger partial charge in [-0.05, 0) is 5.56 Å². The monoisotopic (exact) mass is 172 g/mol. The van der Waals surface area contributed by atoms with Gasteiger partial charge in [0.15, 0.2) is 0 Å². The third-order valence-corrected chi connectivity index (χ3v) is 1.80. The number of benzene rings is 1. The SMILES string of the molecule is C=CC[N]C(C=C)c1ccccc1. The predicted molar refractivity (Wildman–Crippen MR) is 56.6 cm³/mol. The van der Waals surface area contributed by atoms with E-state index >= 15 is 0 Å². The minimum atomic E-state index is 0.0965. The molecular weight excluding hydrogens is 158 g/mol. The van der Waals surface area contributed by atoms with Crippen LogP contribution in [0.25, 0.3) is 0 Å². The molecule has 13 heavy (non-hydrogen) atoms. The van der Waals surface area contributed by atoms with E-state index in [1.807, 2.05) is 24.3 Å². The third-order valence-electron chi connectivity index (χ3n) is 1.80. The second kappa shape index (κ2) is 5.33. The molecule has 0 N–H and O–H groups in total. The van der Waals surface area contributed by atoms with Crippen LogP contribution in [0.3, 0.4) is 0 Å². The van der Waals surface area contributed by atoms with E-state index in [4.69, 9.17) is 0 Å². The van der Waals surface area contributed by atoms with E-state index in [2.05, 4.69) is 30.6 Å². The lowest BCUT2D eigenvalue weighted by Gasteiger charge is -2.10. The summed E-state index contributed by atoms with van der Waals surface area (Å²) in [7, 11) is 0. The zero-order valence-corrected chi connectivity index (χ0v) is 7.69. The Morgan fingerprint density at radius 1 is 1.23 bits per heavy atom. The zero-order chi connectivity index (χ0) is 9.52. The maximum atomic E-state index is 4.39. The van der Waals surface area contributed by atoms with Crippen LogP contribution in [0.5, 0.6) is 0 Å². The molecule has 0 aliphatic rings. The Balaban J connectivity index is 2.66. The first kappa shape index (κ1) is 9.75. The largest absolute Gasteiger partial charge is 0.226 e. The summed E-state index contributed by atoms with van der Waals surface area (Å²) in [6.45, 7) is 8.07. The summed E-state index contributed by atoms with van der Waals surface area (Å²) in [6, 6.07) is 10.2. The molecule has 0 aliphatic heterocycles.